The second-order valence-electron chi connectivity index (χ2n) is 7.96. The summed E-state index contributed by atoms with van der Waals surface area (Å²) in [6.07, 6.45) is 5.32. The van der Waals surface area contributed by atoms with Gasteiger partial charge in [-0.1, -0.05) is 0 Å². The Balaban J connectivity index is 1.80. The molecule has 1 saturated carbocycles. The average Bonchev–Trinajstić information content (AvgIpc) is 3.26. The maximum atomic E-state index is 11.7. The molecule has 0 radical (unpaired) electrons. The van der Waals surface area contributed by atoms with E-state index in [0.717, 1.165) is 37.8 Å². The molecule has 25 heavy (non-hydrogen) atoms. The van der Waals surface area contributed by atoms with Gasteiger partial charge in [0.25, 0.3) is 0 Å². The highest BCUT2D eigenvalue weighted by atomic mass is 16.5. The Hall–Kier alpha value is -2.32. The molecule has 2 aliphatic rings. The van der Waals surface area contributed by atoms with Crippen molar-refractivity contribution >= 4 is 11.5 Å². The fourth-order valence-electron chi connectivity index (χ4n) is 4.14. The lowest BCUT2D eigenvalue weighted by Crippen LogP contribution is -2.33. The molecule has 0 amide bonds. The van der Waals surface area contributed by atoms with Crippen molar-refractivity contribution in [2.45, 2.75) is 56.5 Å². The highest BCUT2D eigenvalue weighted by Crippen LogP contribution is 2.49. The van der Waals surface area contributed by atoms with Gasteiger partial charge in [-0.15, -0.1) is 0 Å². The second kappa shape index (κ2) is 5.34. The standard InChI is InChI=1S/C20H22N2O3/c1-19(2)11-14(4-8-25-19)13-3-7-22-15(9-13)10-16(18(23)24)17(22)20(12-21)5-6-20/h3,7,9-10,14H,4-6,8,11H2,1-2H3,(H,23,24). The molecule has 1 aliphatic carbocycles. The van der Waals surface area contributed by atoms with Gasteiger partial charge in [0.1, 0.15) is 0 Å². The normalized spacial score (nSPS) is 24.0. The van der Waals surface area contributed by atoms with E-state index in [1.54, 1.807) is 6.07 Å². The molecule has 2 aromatic rings. The lowest BCUT2D eigenvalue weighted by molar-refractivity contribution is -0.0593. The van der Waals surface area contributed by atoms with Crippen molar-refractivity contribution in [3.8, 4) is 6.07 Å². The number of ether oxygens (including phenoxy) is 1. The number of nitriles is 1. The van der Waals surface area contributed by atoms with Crippen LogP contribution in [0.1, 0.15) is 67.1 Å². The minimum absolute atomic E-state index is 0.132. The van der Waals surface area contributed by atoms with Gasteiger partial charge in [0, 0.05) is 18.3 Å². The topological polar surface area (TPSA) is 74.7 Å². The zero-order chi connectivity index (χ0) is 17.8. The first-order valence-corrected chi connectivity index (χ1v) is 8.79. The number of aromatic carboxylic acids is 1. The number of hydrogen-bond donors (Lipinski definition) is 1. The van der Waals surface area contributed by atoms with Crippen LogP contribution in [0.25, 0.3) is 5.52 Å². The predicted octanol–water partition coefficient (Wildman–Crippen LogP) is 3.87. The first-order chi connectivity index (χ1) is 11.9. The molecule has 0 spiro atoms. The van der Waals surface area contributed by atoms with Crippen LogP contribution in [0.3, 0.4) is 0 Å². The van der Waals surface area contributed by atoms with Gasteiger partial charge in [0.2, 0.25) is 0 Å². The van der Waals surface area contributed by atoms with E-state index in [4.69, 9.17) is 4.74 Å². The summed E-state index contributed by atoms with van der Waals surface area (Å²) in [4.78, 5) is 11.7. The zero-order valence-corrected chi connectivity index (χ0v) is 14.6. The lowest BCUT2D eigenvalue weighted by Gasteiger charge is -2.35. The van der Waals surface area contributed by atoms with E-state index in [2.05, 4.69) is 32.0 Å². The van der Waals surface area contributed by atoms with Crippen molar-refractivity contribution in [1.82, 2.24) is 4.40 Å². The molecule has 4 rings (SSSR count). The second-order valence-corrected chi connectivity index (χ2v) is 7.96. The minimum Gasteiger partial charge on any atom is -0.478 e. The summed E-state index contributed by atoms with van der Waals surface area (Å²) in [6, 6.07) is 8.19. The smallest absolute Gasteiger partial charge is 0.337 e. The van der Waals surface area contributed by atoms with Crippen LogP contribution < -0.4 is 0 Å². The van der Waals surface area contributed by atoms with Crippen LogP contribution in [-0.2, 0) is 10.2 Å². The average molecular weight is 338 g/mol. The Labute approximate surface area is 146 Å². The lowest BCUT2D eigenvalue weighted by atomic mass is 9.84. The molecule has 2 fully saturated rings. The summed E-state index contributed by atoms with van der Waals surface area (Å²) in [7, 11) is 0. The molecule has 1 unspecified atom stereocenters. The SMILES string of the molecule is CC1(C)CC(c2ccn3c(C4(C#N)CC4)c(C(=O)O)cc3c2)CCO1. The monoisotopic (exact) mass is 338 g/mol. The Kier molecular flexibility index (Phi) is 3.45. The maximum Gasteiger partial charge on any atom is 0.337 e. The summed E-state index contributed by atoms with van der Waals surface area (Å²) in [5.74, 6) is -0.555. The Morgan fingerprint density at radius 2 is 2.16 bits per heavy atom. The third-order valence-corrected chi connectivity index (χ3v) is 5.61. The van der Waals surface area contributed by atoms with Crippen molar-refractivity contribution in [2.24, 2.45) is 0 Å². The number of carbonyl (C=O) groups is 1. The Morgan fingerprint density at radius 1 is 1.40 bits per heavy atom. The van der Waals surface area contributed by atoms with E-state index in [-0.39, 0.29) is 11.2 Å². The third-order valence-electron chi connectivity index (χ3n) is 5.61. The molecule has 130 valence electrons. The molecule has 1 aliphatic heterocycles. The van der Waals surface area contributed by atoms with Crippen LogP contribution in [0.4, 0.5) is 0 Å². The largest absolute Gasteiger partial charge is 0.478 e. The number of carboxylic acids is 1. The Bertz CT molecular complexity index is 900. The number of pyridine rings is 1. The first kappa shape index (κ1) is 16.2. The van der Waals surface area contributed by atoms with E-state index < -0.39 is 11.4 Å². The quantitative estimate of drug-likeness (QED) is 0.922. The molecular weight excluding hydrogens is 316 g/mol. The molecule has 5 heteroatoms. The van der Waals surface area contributed by atoms with Gasteiger partial charge in [-0.3, -0.25) is 0 Å². The molecule has 0 bridgehead atoms. The number of rotatable bonds is 3. The van der Waals surface area contributed by atoms with Crippen LogP contribution in [-0.4, -0.2) is 27.7 Å². The number of fused-ring (bicyclic) bond motifs is 1. The number of hydrogen-bond acceptors (Lipinski definition) is 3. The molecule has 3 heterocycles. The fourth-order valence-corrected chi connectivity index (χ4v) is 4.14. The van der Waals surface area contributed by atoms with Crippen molar-refractivity contribution in [3.05, 3.63) is 41.2 Å². The minimum atomic E-state index is -0.964. The number of nitrogens with zero attached hydrogens (tertiary/aromatic N) is 2. The fraction of sp³-hybridized carbons (Fsp3) is 0.500. The van der Waals surface area contributed by atoms with E-state index in [1.807, 2.05) is 10.6 Å². The van der Waals surface area contributed by atoms with Crippen molar-refractivity contribution in [3.63, 3.8) is 0 Å². The first-order valence-electron chi connectivity index (χ1n) is 8.79. The molecule has 1 atom stereocenters. The molecule has 1 saturated heterocycles. The molecule has 5 nitrogen and oxygen atoms in total. The predicted molar refractivity (Wildman–Crippen MR) is 92.9 cm³/mol. The highest BCUT2D eigenvalue weighted by molar-refractivity contribution is 5.92. The maximum absolute atomic E-state index is 11.7. The number of carboxylic acid groups (broad SMARTS) is 1. The van der Waals surface area contributed by atoms with Crippen molar-refractivity contribution < 1.29 is 14.6 Å². The van der Waals surface area contributed by atoms with Gasteiger partial charge in [-0.25, -0.2) is 4.79 Å². The van der Waals surface area contributed by atoms with Gasteiger partial charge in [0.05, 0.1) is 28.3 Å². The van der Waals surface area contributed by atoms with Crippen molar-refractivity contribution in [1.29, 1.82) is 5.26 Å². The summed E-state index contributed by atoms with van der Waals surface area (Å²) < 4.78 is 7.70. The van der Waals surface area contributed by atoms with Crippen LogP contribution in [0.5, 0.6) is 0 Å². The molecule has 0 aromatic carbocycles. The van der Waals surface area contributed by atoms with E-state index in [9.17, 15) is 15.2 Å². The summed E-state index contributed by atoms with van der Waals surface area (Å²) in [5, 5.41) is 19.1. The summed E-state index contributed by atoms with van der Waals surface area (Å²) in [5.41, 5.74) is 2.19. The van der Waals surface area contributed by atoms with E-state index >= 15 is 0 Å². The number of aromatic nitrogens is 1. The highest BCUT2D eigenvalue weighted by Gasteiger charge is 2.49. The van der Waals surface area contributed by atoms with Crippen LogP contribution in [0.2, 0.25) is 0 Å². The van der Waals surface area contributed by atoms with Crippen LogP contribution in [0.15, 0.2) is 24.4 Å². The van der Waals surface area contributed by atoms with Gasteiger partial charge < -0.3 is 14.2 Å². The van der Waals surface area contributed by atoms with Crippen molar-refractivity contribution in [2.75, 3.05) is 6.61 Å². The zero-order valence-electron chi connectivity index (χ0n) is 14.6. The van der Waals surface area contributed by atoms with Gasteiger partial charge in [-0.05, 0) is 69.2 Å². The van der Waals surface area contributed by atoms with Gasteiger partial charge in [0.15, 0.2) is 0 Å². The van der Waals surface area contributed by atoms with Crippen LogP contribution >= 0.6 is 0 Å². The summed E-state index contributed by atoms with van der Waals surface area (Å²) in [6.45, 7) is 4.96. The molecule has 2 aromatic heterocycles. The Morgan fingerprint density at radius 3 is 2.76 bits per heavy atom. The molecule has 1 N–H and O–H groups in total. The van der Waals surface area contributed by atoms with Crippen LogP contribution in [0, 0.1) is 11.3 Å². The van der Waals surface area contributed by atoms with E-state index in [1.165, 1.54) is 5.56 Å². The summed E-state index contributed by atoms with van der Waals surface area (Å²) >= 11 is 0. The van der Waals surface area contributed by atoms with Gasteiger partial charge in [-0.2, -0.15) is 5.26 Å². The van der Waals surface area contributed by atoms with Gasteiger partial charge >= 0.3 is 5.97 Å². The third kappa shape index (κ3) is 2.61. The van der Waals surface area contributed by atoms with E-state index in [0.29, 0.717) is 11.6 Å². The molecular formula is C20H22N2O3.